The van der Waals surface area contributed by atoms with Crippen LogP contribution in [0.1, 0.15) is 27.2 Å². The summed E-state index contributed by atoms with van der Waals surface area (Å²) < 4.78 is 9.11. The molecule has 1 spiro atoms. The highest BCUT2D eigenvalue weighted by Crippen LogP contribution is 2.67. The second-order valence-electron chi connectivity index (χ2n) is 5.37. The zero-order chi connectivity index (χ0) is 10.8. The van der Waals surface area contributed by atoms with Gasteiger partial charge in [0.2, 0.25) is 0 Å². The first-order valence-corrected chi connectivity index (χ1v) is 5.85. The summed E-state index contributed by atoms with van der Waals surface area (Å²) in [4.78, 5) is 2.30. The van der Waals surface area contributed by atoms with Crippen molar-refractivity contribution in [3.63, 3.8) is 0 Å². The van der Waals surface area contributed by atoms with Gasteiger partial charge >= 0.3 is 5.79 Å². The van der Waals surface area contributed by atoms with E-state index in [0.717, 1.165) is 26.1 Å². The van der Waals surface area contributed by atoms with Crippen molar-refractivity contribution in [1.29, 1.82) is 0 Å². The molecule has 0 radical (unpaired) electrons. The first-order valence-electron chi connectivity index (χ1n) is 5.85. The average Bonchev–Trinajstić information content (AvgIpc) is 2.68. The number of hydrogen-bond acceptors (Lipinski definition) is 3. The molecule has 0 saturated carbocycles. The van der Waals surface area contributed by atoms with Gasteiger partial charge in [0.1, 0.15) is 12.6 Å². The summed E-state index contributed by atoms with van der Waals surface area (Å²) in [5.41, 5.74) is 0. The van der Waals surface area contributed by atoms with Gasteiger partial charge in [0.25, 0.3) is 11.9 Å². The van der Waals surface area contributed by atoms with E-state index in [-0.39, 0.29) is 23.8 Å². The van der Waals surface area contributed by atoms with Crippen molar-refractivity contribution < 1.29 is 14.2 Å². The lowest BCUT2D eigenvalue weighted by molar-refractivity contribution is -0.447. The molecule has 15 heavy (non-hydrogen) atoms. The van der Waals surface area contributed by atoms with E-state index in [9.17, 15) is 5.11 Å². The van der Waals surface area contributed by atoms with E-state index >= 15 is 0 Å². The number of aliphatic hydroxyl groups is 1. The van der Waals surface area contributed by atoms with Crippen LogP contribution in [0.3, 0.4) is 0 Å². The molecule has 0 aromatic carbocycles. The van der Waals surface area contributed by atoms with E-state index in [1.807, 2.05) is 13.8 Å². The van der Waals surface area contributed by atoms with Crippen molar-refractivity contribution >= 4 is 0 Å². The monoisotopic (exact) mass is 214 g/mol. The zero-order valence-corrected chi connectivity index (χ0v) is 9.69. The molecule has 3 aliphatic rings. The number of aliphatic hydroxyl groups excluding tert-OH is 1. The molecule has 0 amide bonds. The SMILES string of the molecule is CCCN1C[C@@H](O)[C@@H]2[O+]3C(C)(C)O[C@@]23C1. The van der Waals surface area contributed by atoms with Gasteiger partial charge < -0.3 is 9.47 Å². The lowest BCUT2D eigenvalue weighted by Crippen LogP contribution is -2.57. The largest absolute Gasteiger partial charge is 0.383 e. The molecular weight excluding hydrogens is 194 g/mol. The minimum Gasteiger partial charge on any atom is -0.383 e. The Balaban J connectivity index is 1.75. The maximum Gasteiger partial charge on any atom is 0.373 e. The maximum absolute atomic E-state index is 10.0. The number of piperidine rings is 1. The number of epoxide rings is 1. The van der Waals surface area contributed by atoms with Crippen molar-refractivity contribution in [2.45, 2.75) is 51.0 Å². The van der Waals surface area contributed by atoms with E-state index in [1.165, 1.54) is 0 Å². The van der Waals surface area contributed by atoms with Crippen LogP contribution in [0.15, 0.2) is 0 Å². The fourth-order valence-corrected chi connectivity index (χ4v) is 3.42. The smallest absolute Gasteiger partial charge is 0.373 e. The lowest BCUT2D eigenvalue weighted by Gasteiger charge is -2.36. The van der Waals surface area contributed by atoms with E-state index in [4.69, 9.17) is 4.74 Å². The van der Waals surface area contributed by atoms with E-state index in [1.54, 1.807) is 0 Å². The second kappa shape index (κ2) is 2.74. The standard InChI is InChI=1S/C11H20NO3/c1-4-5-12-6-8(13)9-11(7-12)14-10(2,3)15(9)11/h8-9,13H,4-7H2,1-3H3/q+1/t8-,9+,11-/m1/s1. The molecule has 0 bridgehead atoms. The number of ether oxygens (including phenoxy) is 1. The van der Waals surface area contributed by atoms with Crippen molar-refractivity contribution in [1.82, 2.24) is 4.90 Å². The van der Waals surface area contributed by atoms with Crippen LogP contribution in [-0.2, 0) is 9.10 Å². The minimum atomic E-state index is -0.280. The third-order valence-corrected chi connectivity index (χ3v) is 3.73. The van der Waals surface area contributed by atoms with Gasteiger partial charge in [0, 0.05) is 20.4 Å². The highest BCUT2D eigenvalue weighted by atomic mass is 17.1. The first-order chi connectivity index (χ1) is 7.01. The number of likely N-dealkylation sites (tertiary alicyclic amines) is 1. The molecule has 3 saturated heterocycles. The van der Waals surface area contributed by atoms with Crippen LogP contribution in [0.25, 0.3) is 0 Å². The molecule has 3 atom stereocenters. The third kappa shape index (κ3) is 1.11. The Bertz CT molecular complexity index is 288. The minimum absolute atomic E-state index is 0.167. The van der Waals surface area contributed by atoms with E-state index in [0.29, 0.717) is 0 Å². The van der Waals surface area contributed by atoms with Crippen LogP contribution in [0.5, 0.6) is 0 Å². The van der Waals surface area contributed by atoms with Crippen molar-refractivity contribution in [3.8, 4) is 0 Å². The molecule has 3 fully saturated rings. The van der Waals surface area contributed by atoms with Crippen molar-refractivity contribution in [3.05, 3.63) is 0 Å². The molecule has 3 aliphatic heterocycles. The predicted molar refractivity (Wildman–Crippen MR) is 55.5 cm³/mol. The van der Waals surface area contributed by atoms with Gasteiger partial charge in [-0.2, -0.15) is 0 Å². The normalized spacial score (nSPS) is 48.0. The van der Waals surface area contributed by atoms with E-state index < -0.39 is 0 Å². The number of fused-ring (bicyclic) bond motifs is 1. The molecule has 0 aromatic rings. The van der Waals surface area contributed by atoms with Gasteiger partial charge in [-0.1, -0.05) is 6.92 Å². The molecular formula is C11H20NO3+. The topological polar surface area (TPSA) is 35.4 Å². The van der Waals surface area contributed by atoms with Crippen LogP contribution < -0.4 is 0 Å². The number of hydrogen-bond donors (Lipinski definition) is 1. The molecule has 0 unspecified atom stereocenters. The van der Waals surface area contributed by atoms with E-state index in [2.05, 4.69) is 16.2 Å². The van der Waals surface area contributed by atoms with Crippen LogP contribution in [-0.4, -0.2) is 53.4 Å². The zero-order valence-electron chi connectivity index (χ0n) is 9.69. The summed E-state index contributed by atoms with van der Waals surface area (Å²) in [6.45, 7) is 9.00. The van der Waals surface area contributed by atoms with Gasteiger partial charge in [-0.05, 0) is 13.0 Å². The summed E-state index contributed by atoms with van der Waals surface area (Å²) >= 11 is 0. The van der Waals surface area contributed by atoms with Crippen LogP contribution >= 0.6 is 0 Å². The quantitative estimate of drug-likeness (QED) is 0.536. The second-order valence-corrected chi connectivity index (χ2v) is 5.37. The van der Waals surface area contributed by atoms with Gasteiger partial charge in [-0.15, -0.1) is 0 Å². The summed E-state index contributed by atoms with van der Waals surface area (Å²) in [5, 5.41) is 10.0. The summed E-state index contributed by atoms with van der Waals surface area (Å²) in [6, 6.07) is 0. The molecule has 4 heteroatoms. The molecule has 86 valence electrons. The molecule has 0 aliphatic carbocycles. The molecule has 1 N–H and O–H groups in total. The van der Waals surface area contributed by atoms with Gasteiger partial charge in [0.05, 0.1) is 0 Å². The summed E-state index contributed by atoms with van der Waals surface area (Å²) in [6.07, 6.45) is 1.01. The Hall–Kier alpha value is -0.160. The van der Waals surface area contributed by atoms with Gasteiger partial charge in [0.15, 0.2) is 0 Å². The van der Waals surface area contributed by atoms with Crippen LogP contribution in [0, 0.1) is 0 Å². The van der Waals surface area contributed by atoms with Gasteiger partial charge in [-0.25, -0.2) is 4.74 Å². The fraction of sp³-hybridized carbons (Fsp3) is 1.00. The number of nitrogens with zero attached hydrogens (tertiary/aromatic N) is 1. The van der Waals surface area contributed by atoms with Crippen LogP contribution in [0.4, 0.5) is 0 Å². The summed E-state index contributed by atoms with van der Waals surface area (Å²) in [5.74, 6) is -0.454. The number of rotatable bonds is 2. The van der Waals surface area contributed by atoms with Gasteiger partial charge in [-0.3, -0.25) is 4.90 Å². The molecule has 0 aromatic heterocycles. The van der Waals surface area contributed by atoms with Crippen molar-refractivity contribution in [2.24, 2.45) is 0 Å². The Morgan fingerprint density at radius 3 is 2.87 bits per heavy atom. The Morgan fingerprint density at radius 2 is 2.27 bits per heavy atom. The molecule has 3 rings (SSSR count). The predicted octanol–water partition coefficient (Wildman–Crippen LogP) is 0.470. The third-order valence-electron chi connectivity index (χ3n) is 3.73. The highest BCUT2D eigenvalue weighted by Gasteiger charge is 2.93. The van der Waals surface area contributed by atoms with Crippen LogP contribution in [0.2, 0.25) is 0 Å². The molecule has 4 nitrogen and oxygen atoms in total. The first kappa shape index (κ1) is 10.0. The lowest BCUT2D eigenvalue weighted by atomic mass is 10.0. The Morgan fingerprint density at radius 1 is 1.53 bits per heavy atom. The van der Waals surface area contributed by atoms with Crippen molar-refractivity contribution in [2.75, 3.05) is 19.6 Å². The summed E-state index contributed by atoms with van der Waals surface area (Å²) in [7, 11) is 0. The highest BCUT2D eigenvalue weighted by molar-refractivity contribution is 5.18. The Kier molecular flexibility index (Phi) is 1.83. The maximum atomic E-state index is 10.0. The number of β-amino-alcohol motifs (C(OH)–C–C–N with tert-alkyl or cyclic N) is 1. The Labute approximate surface area is 90.5 Å². The molecule has 3 heterocycles. The fourth-order valence-electron chi connectivity index (χ4n) is 3.42. The average molecular weight is 214 g/mol.